The minimum absolute atomic E-state index is 0.0445. The Kier molecular flexibility index (Phi) is 50.6. The quantitative estimate of drug-likeness (QED) is 0.0185. The zero-order valence-electron chi connectivity index (χ0n) is 87.5. The van der Waals surface area contributed by atoms with E-state index in [0.717, 1.165) is 211 Å². The van der Waals surface area contributed by atoms with Crippen molar-refractivity contribution in [1.82, 2.24) is 10.3 Å². The van der Waals surface area contributed by atoms with Crippen molar-refractivity contribution in [2.45, 2.75) is 145 Å². The number of hydrogen-bond acceptors (Lipinski definition) is 29. The second kappa shape index (κ2) is 61.0. The van der Waals surface area contributed by atoms with Crippen molar-refractivity contribution in [2.24, 2.45) is 22.7 Å². The molecule has 5 heterocycles. The van der Waals surface area contributed by atoms with Crippen molar-refractivity contribution >= 4 is 152 Å². The number of primary sulfonamides is 1. The molecule has 33 nitrogen and oxygen atoms in total. The number of aromatic nitrogens is 1. The molecule has 0 aliphatic carbocycles. The van der Waals surface area contributed by atoms with Gasteiger partial charge in [-0.25, -0.2) is 52.1 Å². The number of anilines is 8. The van der Waals surface area contributed by atoms with E-state index in [1.165, 1.54) is 76.3 Å². The van der Waals surface area contributed by atoms with Crippen LogP contribution >= 0.6 is 47.8 Å². The molecule has 796 valence electrons. The largest absolute Gasteiger partial charge is 0.478 e. The summed E-state index contributed by atoms with van der Waals surface area (Å²) in [5.41, 5.74) is 52.6. The van der Waals surface area contributed by atoms with Gasteiger partial charge in [-0.15, -0.1) is 0 Å². The van der Waals surface area contributed by atoms with Crippen LogP contribution in [0.15, 0.2) is 201 Å². The highest BCUT2D eigenvalue weighted by Gasteiger charge is 2.28. The number of carbonyl (C=O) groups is 7. The number of para-hydroxylation sites is 3. The number of carboxylic acid groups (broad SMARTS) is 3. The molecule has 10 aromatic carbocycles. The summed E-state index contributed by atoms with van der Waals surface area (Å²) < 4.78 is 43.7. The summed E-state index contributed by atoms with van der Waals surface area (Å²) in [6, 6.07) is 60.3. The van der Waals surface area contributed by atoms with Crippen LogP contribution in [0.4, 0.5) is 45.5 Å². The van der Waals surface area contributed by atoms with E-state index in [4.69, 9.17) is 64.1 Å². The molecule has 0 bridgehead atoms. The number of benzene rings is 10. The van der Waals surface area contributed by atoms with Gasteiger partial charge in [-0.3, -0.25) is 0 Å². The first kappa shape index (κ1) is 124. The van der Waals surface area contributed by atoms with Crippen LogP contribution in [-0.4, -0.2) is 188 Å². The molecule has 38 heteroatoms. The summed E-state index contributed by atoms with van der Waals surface area (Å²) in [5, 5.41) is 77.7. The highest BCUT2D eigenvalue weighted by Crippen LogP contribution is 2.35. The van der Waals surface area contributed by atoms with Crippen molar-refractivity contribution in [3.8, 4) is 18.2 Å². The number of halogens is 3. The number of carbonyl (C=O) groups excluding carboxylic acids is 4. The number of nitrogens with zero attached hydrogens (tertiary/aromatic N) is 8. The maximum absolute atomic E-state index is 12.0. The van der Waals surface area contributed by atoms with Crippen LogP contribution in [0.5, 0.6) is 0 Å². The number of nitrogens with two attached hydrogens (primary N) is 6. The summed E-state index contributed by atoms with van der Waals surface area (Å²) in [4.78, 5) is 90.8. The third-order valence-electron chi connectivity index (χ3n) is 25.2. The molecule has 0 atom stereocenters. The molecule has 4 saturated heterocycles. The molecule has 150 heavy (non-hydrogen) atoms. The van der Waals surface area contributed by atoms with Gasteiger partial charge in [-0.1, -0.05) is 82.7 Å². The van der Waals surface area contributed by atoms with E-state index in [-0.39, 0.29) is 34.1 Å². The van der Waals surface area contributed by atoms with E-state index in [2.05, 4.69) is 125 Å². The predicted octanol–water partition coefficient (Wildman–Crippen LogP) is 18.4. The number of nitrogen functional groups attached to an aromatic ring is 4. The van der Waals surface area contributed by atoms with Gasteiger partial charge in [0.25, 0.3) is 10.0 Å². The molecule has 0 radical (unpaired) electrons. The minimum Gasteiger partial charge on any atom is -0.478 e. The average Bonchev–Trinajstić information content (AvgIpc) is 0.796. The van der Waals surface area contributed by atoms with Crippen LogP contribution in [0.2, 0.25) is 6.82 Å². The van der Waals surface area contributed by atoms with Gasteiger partial charge in [0, 0.05) is 114 Å². The fraction of sp³-hybridized carbons (Fsp3) is 0.330. The number of ether oxygens (including phenoxy) is 4. The molecule has 15 rings (SSSR count). The third kappa shape index (κ3) is 38.1. The Balaban J connectivity index is 0.000000261. The second-order valence-electron chi connectivity index (χ2n) is 36.2. The number of nitriles is 3. The topological polar surface area (TPSA) is 557 Å². The van der Waals surface area contributed by atoms with Gasteiger partial charge in [0.2, 0.25) is 0 Å². The third-order valence-corrected chi connectivity index (χ3v) is 28.2. The smallest absolute Gasteiger partial charge is 0.448 e. The summed E-state index contributed by atoms with van der Waals surface area (Å²) in [6.07, 6.45) is 9.63. The molecular formula is C112H135BBr3N15O18S. The Morgan fingerprint density at radius 2 is 0.713 bits per heavy atom. The van der Waals surface area contributed by atoms with Crippen LogP contribution in [0.25, 0.3) is 0 Å². The number of rotatable bonds is 16. The Morgan fingerprint density at radius 3 is 1.10 bits per heavy atom. The number of carboxylic acids is 3. The lowest BCUT2D eigenvalue weighted by atomic mass is 9.87. The Hall–Kier alpha value is -14.2. The van der Waals surface area contributed by atoms with E-state index >= 15 is 0 Å². The van der Waals surface area contributed by atoms with Crippen molar-refractivity contribution in [3.63, 3.8) is 0 Å². The standard InChI is InChI=1S/C23H26N2O2.C22H24N2O2.C12H15N3.C10H11BrO2.C10H13NO2.C9H10BrNO2.C9H14N4O2S.C8H8BrNO2.C8H9NO2.CH5BO2/c1-16-12-17(2)21(23(26)27-3)14-20(16)13-18-8-10-25(11-9-18)22-7-5-4-6-19(22)15-24;1-15-11-16(2)20(22(25)26)13-19(15)12-17-7-9-24(10-8-17)21-6-4-3-5-18(21)14-23;13-9-10-3-1-2-4-12(10)15-7-5-11(14)6-8-15;2*1-6-4-7(2)9(11)5-8(6)10(12)13-3;1-5-3-7(10)6(4-8(5)11)9(12)13-2;10-16(14,15)9-8(2-1-3-12-9)13-6-4-11-5-7-13;1-4-2-6(9)5(8(11)12)3-7(4)10;1-5-2-3-6(8(10)11)4-7(5)9;1-2(3)4/h4-7,12,14,18H,8-11,13H2,1-3H3;3-6,11,13,17H,7-10,12H2,1-2H3,(H,25,26);1-4,11H,5-8,14H2;4-5H,1-3H3;4-5H,11H2,1-3H3;3-4H,11H2,1-2H3;1-3,11H,4-7H2,(H2,10,14,15);2-3H,10H2,1H3,(H,11,12);2-4H,9H2,1H3,(H,10,11);3-4H,1H3. The molecule has 4 aliphatic rings. The highest BCUT2D eigenvalue weighted by molar-refractivity contribution is 9.11. The molecule has 0 saturated carbocycles. The zero-order chi connectivity index (χ0) is 112. The monoisotopic (exact) mass is 2260 g/mol. The van der Waals surface area contributed by atoms with Crippen LogP contribution < -0.4 is 58.7 Å². The van der Waals surface area contributed by atoms with Crippen LogP contribution in [0, 0.1) is 122 Å². The lowest BCUT2D eigenvalue weighted by Crippen LogP contribution is -2.44. The first-order valence-electron chi connectivity index (χ1n) is 48.1. The number of nitrogens with one attached hydrogen (secondary N) is 1. The first-order chi connectivity index (χ1) is 71.0. The van der Waals surface area contributed by atoms with Crippen LogP contribution in [-0.2, 0) is 41.8 Å². The van der Waals surface area contributed by atoms with Gasteiger partial charge < -0.3 is 97.9 Å². The number of piperazine rings is 1. The number of hydrogen-bond donors (Lipinski definition) is 12. The fourth-order valence-electron chi connectivity index (χ4n) is 16.5. The predicted molar refractivity (Wildman–Crippen MR) is 601 cm³/mol. The molecule has 0 spiro atoms. The highest BCUT2D eigenvalue weighted by atomic mass is 79.9. The first-order valence-corrected chi connectivity index (χ1v) is 52.0. The number of aromatic carboxylic acids is 3. The van der Waals surface area contributed by atoms with Gasteiger partial charge in [-0.2, -0.15) is 15.8 Å². The summed E-state index contributed by atoms with van der Waals surface area (Å²) in [6.45, 7) is 31.3. The molecule has 18 N–H and O–H groups in total. The second-order valence-corrected chi connectivity index (χ2v) is 40.2. The summed E-state index contributed by atoms with van der Waals surface area (Å²) >= 11 is 9.78. The van der Waals surface area contributed by atoms with Gasteiger partial charge in [0.05, 0.1) is 107 Å². The fourth-order valence-corrected chi connectivity index (χ4v) is 18.8. The lowest BCUT2D eigenvalue weighted by molar-refractivity contribution is 0.0590. The van der Waals surface area contributed by atoms with E-state index in [0.29, 0.717) is 83.1 Å². The van der Waals surface area contributed by atoms with Crippen LogP contribution in [0.1, 0.15) is 200 Å². The summed E-state index contributed by atoms with van der Waals surface area (Å²) in [7, 11) is 0.586. The SMILES string of the molecule is CB(O)O.COC(=O)c1cc(Br)c(C)cc1C.COC(=O)c1cc(CC2CCN(c3ccccc3C#N)CC2)c(C)cc1C.COC(=O)c1cc(N)c(C)cc1Br.COC(=O)c1cc(N)c(C)cc1C.Cc1cc(Br)c(C(=O)O)cc1N.Cc1cc(C)c(C(=O)O)cc1CC1CCN(c2ccccc2C#N)CC1.Cc1ccc(C(=O)O)cc1N.N#Cc1ccccc1N1CCC(N)CC1.NS(=O)(=O)c1ncccc1N1CCNCC1. The summed E-state index contributed by atoms with van der Waals surface area (Å²) in [5.74, 6) is -2.94. The van der Waals surface area contributed by atoms with Gasteiger partial charge in [0.15, 0.2) is 5.03 Å². The average molecular weight is 2260 g/mol. The van der Waals surface area contributed by atoms with Crippen molar-refractivity contribution < 1.29 is 86.3 Å². The van der Waals surface area contributed by atoms with E-state index in [1.807, 2.05) is 170 Å². The van der Waals surface area contributed by atoms with Gasteiger partial charge in [-0.05, 0) is 360 Å². The molecule has 0 unspecified atom stereocenters. The molecule has 4 aliphatic heterocycles. The zero-order valence-corrected chi connectivity index (χ0v) is 93.1. The Labute approximate surface area is 904 Å². The minimum atomic E-state index is -3.76. The number of aryl methyl sites for hydroxylation is 11. The molecule has 11 aromatic rings. The van der Waals surface area contributed by atoms with Crippen molar-refractivity contribution in [3.05, 3.63) is 323 Å². The normalized spacial score (nSPS) is 13.0. The maximum Gasteiger partial charge on any atom is 0.448 e. The van der Waals surface area contributed by atoms with E-state index < -0.39 is 41.0 Å². The van der Waals surface area contributed by atoms with Gasteiger partial charge >= 0.3 is 48.9 Å². The van der Waals surface area contributed by atoms with Gasteiger partial charge in [0.1, 0.15) is 18.2 Å². The molecule has 0 amide bonds. The van der Waals surface area contributed by atoms with E-state index in [9.17, 15) is 57.6 Å². The van der Waals surface area contributed by atoms with Crippen molar-refractivity contribution in [1.29, 1.82) is 15.8 Å². The number of esters is 4. The van der Waals surface area contributed by atoms with E-state index in [1.54, 1.807) is 48.5 Å². The molecule has 1 aromatic heterocycles. The van der Waals surface area contributed by atoms with Crippen molar-refractivity contribution in [2.75, 3.05) is 136 Å². The molecule has 4 fully saturated rings. The number of piperidine rings is 3. The Bertz CT molecular complexity index is 6620. The van der Waals surface area contributed by atoms with Crippen LogP contribution in [0.3, 0.4) is 0 Å². The maximum atomic E-state index is 12.0. The number of sulfonamides is 1. The number of methoxy groups -OCH3 is 4. The molecular weight excluding hydrogens is 2130 g/mol. The number of pyridine rings is 1. The Morgan fingerprint density at radius 1 is 0.393 bits per heavy atom. The lowest BCUT2D eigenvalue weighted by Gasteiger charge is -2.34.